The number of ether oxygens (including phenoxy) is 1. The first-order chi connectivity index (χ1) is 12.6. The van der Waals surface area contributed by atoms with Gasteiger partial charge >= 0.3 is 0 Å². The maximum Gasteiger partial charge on any atom is 0.147 e. The van der Waals surface area contributed by atoms with E-state index in [2.05, 4.69) is 5.32 Å². The highest BCUT2D eigenvalue weighted by atomic mass is 127. The highest BCUT2D eigenvalue weighted by molar-refractivity contribution is 14.1. The van der Waals surface area contributed by atoms with Gasteiger partial charge in [-0.05, 0) is 60.7 Å². The number of nitriles is 1. The van der Waals surface area contributed by atoms with Crippen molar-refractivity contribution in [3.63, 3.8) is 0 Å². The van der Waals surface area contributed by atoms with Gasteiger partial charge in [0.25, 0.3) is 0 Å². The Morgan fingerprint density at radius 3 is 2.56 bits per heavy atom. The van der Waals surface area contributed by atoms with Crippen LogP contribution in [-0.2, 0) is 0 Å². The lowest BCUT2D eigenvalue weighted by atomic mass is 10.00. The average Bonchev–Trinajstić information content (AvgIpc) is 2.56. The minimum Gasteiger partial charge on any atom is -0.492 e. The van der Waals surface area contributed by atoms with E-state index in [1.54, 1.807) is 6.07 Å². The van der Waals surface area contributed by atoms with E-state index in [0.717, 1.165) is 12.1 Å². The fourth-order valence-electron chi connectivity index (χ4n) is 2.28. The van der Waals surface area contributed by atoms with Gasteiger partial charge in [-0.1, -0.05) is 0 Å². The van der Waals surface area contributed by atoms with Gasteiger partial charge in [-0.2, -0.15) is 5.26 Å². The van der Waals surface area contributed by atoms with Crippen LogP contribution >= 0.6 is 22.6 Å². The quantitative estimate of drug-likeness (QED) is 0.512. The van der Waals surface area contributed by atoms with E-state index >= 15 is 0 Å². The molecule has 0 spiro atoms. The van der Waals surface area contributed by atoms with Crippen molar-refractivity contribution in [2.24, 2.45) is 0 Å². The largest absolute Gasteiger partial charge is 0.492 e. The molecule has 144 valence electrons. The number of benzene rings is 2. The van der Waals surface area contributed by atoms with Crippen LogP contribution in [0.5, 0.6) is 5.75 Å². The second-order valence-electron chi connectivity index (χ2n) is 6.49. The van der Waals surface area contributed by atoms with Crippen LogP contribution in [0, 0.1) is 26.5 Å². The van der Waals surface area contributed by atoms with Crippen LogP contribution in [0.25, 0.3) is 0 Å². The SMILES string of the molecule is CC(C)(O)C(O)CCOc1cc(F)cc(Nc2ccc(I)cc2F)c1C#N. The zero-order chi connectivity index (χ0) is 20.2. The highest BCUT2D eigenvalue weighted by Gasteiger charge is 2.24. The fraction of sp³-hybridized carbons (Fsp3) is 0.316. The van der Waals surface area contributed by atoms with E-state index in [4.69, 9.17) is 4.74 Å². The second kappa shape index (κ2) is 8.82. The topological polar surface area (TPSA) is 85.5 Å². The molecule has 3 N–H and O–H groups in total. The van der Waals surface area contributed by atoms with E-state index in [0.29, 0.717) is 3.57 Å². The molecule has 0 aliphatic heterocycles. The Kier molecular flexibility index (Phi) is 6.97. The van der Waals surface area contributed by atoms with E-state index in [-0.39, 0.29) is 35.7 Å². The van der Waals surface area contributed by atoms with Crippen LogP contribution in [0.15, 0.2) is 30.3 Å². The maximum atomic E-state index is 14.0. The van der Waals surface area contributed by atoms with E-state index in [9.17, 15) is 24.3 Å². The Morgan fingerprint density at radius 2 is 1.96 bits per heavy atom. The molecule has 0 saturated heterocycles. The number of hydrogen-bond donors (Lipinski definition) is 3. The Morgan fingerprint density at radius 1 is 1.26 bits per heavy atom. The van der Waals surface area contributed by atoms with Crippen molar-refractivity contribution >= 4 is 34.0 Å². The van der Waals surface area contributed by atoms with Crippen LogP contribution in [0.2, 0.25) is 0 Å². The second-order valence-corrected chi connectivity index (χ2v) is 7.74. The van der Waals surface area contributed by atoms with Crippen molar-refractivity contribution < 1.29 is 23.7 Å². The van der Waals surface area contributed by atoms with Gasteiger partial charge in [0.05, 0.1) is 29.7 Å². The van der Waals surface area contributed by atoms with Crippen LogP contribution in [-0.4, -0.2) is 28.5 Å². The van der Waals surface area contributed by atoms with Gasteiger partial charge in [0, 0.05) is 16.1 Å². The highest BCUT2D eigenvalue weighted by Crippen LogP contribution is 2.31. The van der Waals surface area contributed by atoms with Crippen molar-refractivity contribution in [2.75, 3.05) is 11.9 Å². The van der Waals surface area contributed by atoms with Crippen molar-refractivity contribution in [1.82, 2.24) is 0 Å². The molecule has 0 aliphatic carbocycles. The van der Waals surface area contributed by atoms with Gasteiger partial charge in [0.15, 0.2) is 0 Å². The third kappa shape index (κ3) is 5.76. The Bertz CT molecular complexity index is 863. The monoisotopic (exact) mass is 488 g/mol. The molecule has 1 unspecified atom stereocenters. The summed E-state index contributed by atoms with van der Waals surface area (Å²) in [6, 6.07) is 8.52. The molecule has 0 bridgehead atoms. The van der Waals surface area contributed by atoms with Crippen LogP contribution in [0.4, 0.5) is 20.2 Å². The minimum atomic E-state index is -1.31. The van der Waals surface area contributed by atoms with E-state index < -0.39 is 23.3 Å². The maximum absolute atomic E-state index is 14.0. The molecule has 0 aliphatic rings. The van der Waals surface area contributed by atoms with Crippen LogP contribution in [0.3, 0.4) is 0 Å². The summed E-state index contributed by atoms with van der Waals surface area (Å²) in [4.78, 5) is 0. The molecule has 0 heterocycles. The number of halogens is 3. The fourth-order valence-corrected chi connectivity index (χ4v) is 2.73. The number of hydrogen-bond acceptors (Lipinski definition) is 5. The van der Waals surface area contributed by atoms with Gasteiger partial charge in [-0.25, -0.2) is 8.78 Å². The third-order valence-electron chi connectivity index (χ3n) is 3.84. The van der Waals surface area contributed by atoms with Gasteiger partial charge < -0.3 is 20.3 Å². The molecule has 1 atom stereocenters. The molecular formula is C19H19F2IN2O3. The van der Waals surface area contributed by atoms with Crippen molar-refractivity contribution in [2.45, 2.75) is 32.0 Å². The molecule has 0 amide bonds. The first-order valence-electron chi connectivity index (χ1n) is 8.10. The standard InChI is InChI=1S/C19H19F2IN2O3/c1-19(2,26)18(25)5-6-27-17-8-11(20)7-16(13(17)10-23)24-15-4-3-12(22)9-14(15)21/h3-4,7-9,18,24-26H,5-6H2,1-2H3. The molecule has 0 saturated carbocycles. The summed E-state index contributed by atoms with van der Waals surface area (Å²) in [5.74, 6) is -1.24. The number of aliphatic hydroxyl groups is 2. The lowest BCUT2D eigenvalue weighted by Crippen LogP contribution is -2.36. The number of aliphatic hydroxyl groups excluding tert-OH is 1. The van der Waals surface area contributed by atoms with Gasteiger partial charge in [-0.3, -0.25) is 0 Å². The molecule has 2 aromatic carbocycles. The zero-order valence-electron chi connectivity index (χ0n) is 14.8. The van der Waals surface area contributed by atoms with Gasteiger partial charge in [-0.15, -0.1) is 0 Å². The summed E-state index contributed by atoms with van der Waals surface area (Å²) >= 11 is 1.97. The molecule has 27 heavy (non-hydrogen) atoms. The zero-order valence-corrected chi connectivity index (χ0v) is 16.9. The molecule has 2 rings (SSSR count). The molecule has 0 aromatic heterocycles. The van der Waals surface area contributed by atoms with Gasteiger partial charge in [0.2, 0.25) is 0 Å². The summed E-state index contributed by atoms with van der Waals surface area (Å²) in [5.41, 5.74) is -1.14. The number of nitrogens with one attached hydrogen (secondary N) is 1. The minimum absolute atomic E-state index is 0.00657. The predicted molar refractivity (Wildman–Crippen MR) is 106 cm³/mol. The van der Waals surface area contributed by atoms with E-state index in [1.165, 1.54) is 26.0 Å². The summed E-state index contributed by atoms with van der Waals surface area (Å²) < 4.78 is 34.2. The van der Waals surface area contributed by atoms with E-state index in [1.807, 2.05) is 28.7 Å². The Hall–Kier alpha value is -1.96. The smallest absolute Gasteiger partial charge is 0.147 e. The molecular weight excluding hydrogens is 469 g/mol. The van der Waals surface area contributed by atoms with Crippen molar-refractivity contribution in [3.8, 4) is 11.8 Å². The third-order valence-corrected chi connectivity index (χ3v) is 4.51. The number of rotatable bonds is 7. The van der Waals surface area contributed by atoms with Crippen molar-refractivity contribution in [1.29, 1.82) is 5.26 Å². The number of anilines is 2. The van der Waals surface area contributed by atoms with Crippen LogP contribution < -0.4 is 10.1 Å². The lowest BCUT2D eigenvalue weighted by molar-refractivity contribution is -0.0557. The predicted octanol–water partition coefficient (Wildman–Crippen LogP) is 4.09. The molecule has 0 fully saturated rings. The Balaban J connectivity index is 2.23. The first kappa shape index (κ1) is 21.3. The lowest BCUT2D eigenvalue weighted by Gasteiger charge is -2.24. The normalized spacial score (nSPS) is 12.4. The number of nitrogens with zero attached hydrogens (tertiary/aromatic N) is 1. The molecule has 0 radical (unpaired) electrons. The van der Waals surface area contributed by atoms with Gasteiger partial charge in [0.1, 0.15) is 29.0 Å². The Labute approximate surface area is 169 Å². The van der Waals surface area contributed by atoms with Crippen LogP contribution in [0.1, 0.15) is 25.8 Å². The summed E-state index contributed by atoms with van der Waals surface area (Å²) in [6.45, 7) is 2.87. The summed E-state index contributed by atoms with van der Waals surface area (Å²) in [6.07, 6.45) is -0.963. The first-order valence-corrected chi connectivity index (χ1v) is 9.18. The summed E-state index contributed by atoms with van der Waals surface area (Å²) in [7, 11) is 0. The molecule has 5 nitrogen and oxygen atoms in total. The molecule has 2 aromatic rings. The summed E-state index contributed by atoms with van der Waals surface area (Å²) in [5, 5.41) is 31.7. The van der Waals surface area contributed by atoms with Crippen molar-refractivity contribution in [3.05, 3.63) is 51.1 Å². The average molecular weight is 488 g/mol. The molecule has 8 heteroatoms.